The lowest BCUT2D eigenvalue weighted by Gasteiger charge is -2.29. The molecule has 0 aromatic heterocycles. The van der Waals surface area contributed by atoms with Gasteiger partial charge in [0.1, 0.15) is 0 Å². The van der Waals surface area contributed by atoms with Crippen molar-refractivity contribution in [1.82, 2.24) is 0 Å². The van der Waals surface area contributed by atoms with Gasteiger partial charge in [-0.2, -0.15) is 26.3 Å². The maximum Gasteiger partial charge on any atom is 0.416 e. The molecule has 0 unspecified atom stereocenters. The third-order valence-electron chi connectivity index (χ3n) is 3.77. The Kier molecular flexibility index (Phi) is 4.24. The number of aliphatic hydroxyl groups excluding tert-OH is 1. The average molecular weight is 312 g/mol. The van der Waals surface area contributed by atoms with Gasteiger partial charge in [-0.15, -0.1) is 0 Å². The molecule has 2 rings (SSSR count). The first-order valence-corrected chi connectivity index (χ1v) is 6.56. The minimum Gasteiger partial charge on any atom is -0.392 e. The zero-order chi connectivity index (χ0) is 15.8. The molecule has 21 heavy (non-hydrogen) atoms. The summed E-state index contributed by atoms with van der Waals surface area (Å²) in [6.07, 6.45) is -8.42. The Labute approximate surface area is 117 Å². The second kappa shape index (κ2) is 5.51. The van der Waals surface area contributed by atoms with Crippen LogP contribution in [0.1, 0.15) is 48.3 Å². The molecule has 1 fully saturated rings. The summed E-state index contributed by atoms with van der Waals surface area (Å²) in [4.78, 5) is 0. The number of halogens is 6. The smallest absolute Gasteiger partial charge is 0.392 e. The van der Waals surface area contributed by atoms with Crippen molar-refractivity contribution in [2.24, 2.45) is 0 Å². The Balaban J connectivity index is 2.49. The van der Waals surface area contributed by atoms with Crippen LogP contribution in [0, 0.1) is 0 Å². The van der Waals surface area contributed by atoms with Crippen LogP contribution < -0.4 is 0 Å². The van der Waals surface area contributed by atoms with Crippen molar-refractivity contribution >= 4 is 0 Å². The third kappa shape index (κ3) is 3.70. The standard InChI is InChI=1S/C14H14F6O/c15-13(16,17)9-5-8(6-10(7-9)14(18,19)20)11-3-1-2-4-12(11)21/h5-7,11-12,21H,1-4H2/t11-,12+/m0/s1. The molecular weight excluding hydrogens is 298 g/mol. The number of benzene rings is 1. The number of rotatable bonds is 1. The van der Waals surface area contributed by atoms with Crippen molar-refractivity contribution in [3.05, 3.63) is 34.9 Å². The molecule has 1 aliphatic rings. The van der Waals surface area contributed by atoms with E-state index in [-0.39, 0.29) is 11.6 Å². The van der Waals surface area contributed by atoms with E-state index in [1.165, 1.54) is 0 Å². The maximum absolute atomic E-state index is 12.8. The van der Waals surface area contributed by atoms with Gasteiger partial charge in [-0.25, -0.2) is 0 Å². The summed E-state index contributed by atoms with van der Waals surface area (Å²) < 4.78 is 76.6. The van der Waals surface area contributed by atoms with Crippen LogP contribution in [0.3, 0.4) is 0 Å². The Morgan fingerprint density at radius 3 is 1.71 bits per heavy atom. The zero-order valence-corrected chi connectivity index (χ0v) is 10.9. The van der Waals surface area contributed by atoms with Crippen LogP contribution >= 0.6 is 0 Å². The van der Waals surface area contributed by atoms with Crippen molar-refractivity contribution in [3.63, 3.8) is 0 Å². The molecule has 1 aromatic rings. The van der Waals surface area contributed by atoms with E-state index in [0.29, 0.717) is 31.4 Å². The van der Waals surface area contributed by atoms with Gasteiger partial charge in [0.25, 0.3) is 0 Å². The van der Waals surface area contributed by atoms with E-state index in [0.717, 1.165) is 6.42 Å². The van der Waals surface area contributed by atoms with E-state index in [9.17, 15) is 31.4 Å². The van der Waals surface area contributed by atoms with Crippen molar-refractivity contribution < 1.29 is 31.4 Å². The first kappa shape index (κ1) is 16.1. The SMILES string of the molecule is O[C@@H]1CCCC[C@H]1c1cc(C(F)(F)F)cc(C(F)(F)F)c1. The highest BCUT2D eigenvalue weighted by Gasteiger charge is 2.38. The second-order valence-electron chi connectivity index (χ2n) is 5.30. The van der Waals surface area contributed by atoms with Gasteiger partial charge >= 0.3 is 12.4 Å². The summed E-state index contributed by atoms with van der Waals surface area (Å²) in [6.45, 7) is 0. The van der Waals surface area contributed by atoms with E-state index >= 15 is 0 Å². The van der Waals surface area contributed by atoms with Gasteiger partial charge in [0.2, 0.25) is 0 Å². The molecule has 1 N–H and O–H groups in total. The molecule has 0 spiro atoms. The van der Waals surface area contributed by atoms with Gasteiger partial charge in [0, 0.05) is 5.92 Å². The Morgan fingerprint density at radius 2 is 1.29 bits per heavy atom. The maximum atomic E-state index is 12.8. The van der Waals surface area contributed by atoms with Crippen LogP contribution in [0.5, 0.6) is 0 Å². The highest BCUT2D eigenvalue weighted by Crippen LogP contribution is 2.40. The molecule has 1 saturated carbocycles. The first-order valence-electron chi connectivity index (χ1n) is 6.56. The van der Waals surface area contributed by atoms with Crippen LogP contribution in [-0.4, -0.2) is 11.2 Å². The predicted molar refractivity (Wildman–Crippen MR) is 63.7 cm³/mol. The molecular formula is C14H14F6O. The van der Waals surface area contributed by atoms with Crippen LogP contribution in [0.15, 0.2) is 18.2 Å². The van der Waals surface area contributed by atoms with Gasteiger partial charge in [-0.05, 0) is 36.6 Å². The Hall–Kier alpha value is -1.24. The van der Waals surface area contributed by atoms with Crippen LogP contribution in [0.25, 0.3) is 0 Å². The topological polar surface area (TPSA) is 20.2 Å². The first-order chi connectivity index (χ1) is 9.59. The molecule has 0 amide bonds. The predicted octanol–water partition coefficient (Wildman–Crippen LogP) is 4.74. The van der Waals surface area contributed by atoms with E-state index in [1.807, 2.05) is 0 Å². The number of aliphatic hydroxyl groups is 1. The summed E-state index contributed by atoms with van der Waals surface area (Å²) in [5, 5.41) is 9.85. The number of hydrogen-bond acceptors (Lipinski definition) is 1. The molecule has 0 heterocycles. The summed E-state index contributed by atoms with van der Waals surface area (Å²) in [5.41, 5.74) is -2.75. The van der Waals surface area contributed by atoms with E-state index in [4.69, 9.17) is 0 Å². The highest BCUT2D eigenvalue weighted by molar-refractivity contribution is 5.36. The summed E-state index contributed by atoms with van der Waals surface area (Å²) in [5.74, 6) is -0.679. The van der Waals surface area contributed by atoms with Gasteiger partial charge in [-0.1, -0.05) is 12.8 Å². The van der Waals surface area contributed by atoms with Gasteiger partial charge < -0.3 is 5.11 Å². The van der Waals surface area contributed by atoms with Crippen LogP contribution in [0.4, 0.5) is 26.3 Å². The molecule has 1 aliphatic carbocycles. The number of hydrogen-bond donors (Lipinski definition) is 1. The molecule has 7 heteroatoms. The highest BCUT2D eigenvalue weighted by atomic mass is 19.4. The monoisotopic (exact) mass is 312 g/mol. The molecule has 1 nitrogen and oxygen atoms in total. The molecule has 1 aromatic carbocycles. The fraction of sp³-hybridized carbons (Fsp3) is 0.571. The molecule has 0 radical (unpaired) electrons. The van der Waals surface area contributed by atoms with Crippen molar-refractivity contribution in [1.29, 1.82) is 0 Å². The minimum atomic E-state index is -4.85. The van der Waals surface area contributed by atoms with Gasteiger partial charge in [0.15, 0.2) is 0 Å². The largest absolute Gasteiger partial charge is 0.416 e. The van der Waals surface area contributed by atoms with Crippen LogP contribution in [0.2, 0.25) is 0 Å². The van der Waals surface area contributed by atoms with Gasteiger partial charge in [-0.3, -0.25) is 0 Å². The Morgan fingerprint density at radius 1 is 0.810 bits per heavy atom. The molecule has 0 bridgehead atoms. The van der Waals surface area contributed by atoms with E-state index in [2.05, 4.69) is 0 Å². The summed E-state index contributed by atoms with van der Waals surface area (Å²) in [7, 11) is 0. The summed E-state index contributed by atoms with van der Waals surface area (Å²) in [6, 6.07) is 1.54. The summed E-state index contributed by atoms with van der Waals surface area (Å²) >= 11 is 0. The zero-order valence-electron chi connectivity index (χ0n) is 10.9. The fourth-order valence-electron chi connectivity index (χ4n) is 2.69. The van der Waals surface area contributed by atoms with Gasteiger partial charge in [0.05, 0.1) is 17.2 Å². The lowest BCUT2D eigenvalue weighted by molar-refractivity contribution is -0.143. The molecule has 2 atom stereocenters. The van der Waals surface area contributed by atoms with E-state index < -0.39 is 35.5 Å². The fourth-order valence-corrected chi connectivity index (χ4v) is 2.69. The normalized spacial score (nSPS) is 24.1. The third-order valence-corrected chi connectivity index (χ3v) is 3.77. The number of alkyl halides is 6. The second-order valence-corrected chi connectivity index (χ2v) is 5.30. The van der Waals surface area contributed by atoms with Crippen molar-refractivity contribution in [2.45, 2.75) is 50.1 Å². The van der Waals surface area contributed by atoms with E-state index in [1.54, 1.807) is 0 Å². The quantitative estimate of drug-likeness (QED) is 0.742. The average Bonchev–Trinajstić information content (AvgIpc) is 2.36. The molecule has 0 saturated heterocycles. The van der Waals surface area contributed by atoms with Crippen LogP contribution in [-0.2, 0) is 12.4 Å². The van der Waals surface area contributed by atoms with Crippen molar-refractivity contribution in [2.75, 3.05) is 0 Å². The lowest BCUT2D eigenvalue weighted by Crippen LogP contribution is -2.23. The molecule has 0 aliphatic heterocycles. The van der Waals surface area contributed by atoms with Crippen molar-refractivity contribution in [3.8, 4) is 0 Å². The lowest BCUT2D eigenvalue weighted by atomic mass is 9.80. The Bertz CT molecular complexity index is 473. The molecule has 118 valence electrons. The minimum absolute atomic E-state index is 0.0932.